The van der Waals surface area contributed by atoms with Gasteiger partial charge in [-0.1, -0.05) is 66.2 Å². The monoisotopic (exact) mass is 379 g/mol. The molecular weight excluding hydrogens is 362 g/mol. The number of carbonyl (C=O) groups is 1. The fraction of sp³-hybridized carbons (Fsp3) is 0.136. The van der Waals surface area contributed by atoms with Gasteiger partial charge >= 0.3 is 6.09 Å². The van der Waals surface area contributed by atoms with Gasteiger partial charge in [0.05, 0.1) is 0 Å². The molecule has 0 saturated carbocycles. The van der Waals surface area contributed by atoms with Gasteiger partial charge in [-0.3, -0.25) is 0 Å². The Hall–Kier alpha value is -2.98. The fourth-order valence-electron chi connectivity index (χ4n) is 3.50. The van der Waals surface area contributed by atoms with Gasteiger partial charge in [-0.25, -0.2) is 4.79 Å². The summed E-state index contributed by atoms with van der Waals surface area (Å²) < 4.78 is 5.48. The number of aromatic hydroxyl groups is 1. The smallest absolute Gasteiger partial charge is 0.407 e. The first-order valence-corrected chi connectivity index (χ1v) is 9.07. The predicted molar refractivity (Wildman–Crippen MR) is 105 cm³/mol. The van der Waals surface area contributed by atoms with Gasteiger partial charge in [0, 0.05) is 17.5 Å². The van der Waals surface area contributed by atoms with E-state index in [0.29, 0.717) is 10.6 Å². The van der Waals surface area contributed by atoms with Crippen molar-refractivity contribution in [1.82, 2.24) is 5.32 Å². The number of rotatable bonds is 4. The first kappa shape index (κ1) is 17.4. The van der Waals surface area contributed by atoms with E-state index in [1.807, 2.05) is 24.3 Å². The third-order valence-corrected chi connectivity index (χ3v) is 5.16. The Kier molecular flexibility index (Phi) is 4.73. The van der Waals surface area contributed by atoms with Crippen LogP contribution in [0.1, 0.15) is 22.6 Å². The first-order valence-electron chi connectivity index (χ1n) is 8.69. The van der Waals surface area contributed by atoms with Crippen LogP contribution in [0, 0.1) is 0 Å². The summed E-state index contributed by atoms with van der Waals surface area (Å²) in [5, 5.41) is 12.5. The lowest BCUT2D eigenvalue weighted by Crippen LogP contribution is -2.25. The van der Waals surface area contributed by atoms with E-state index in [0.717, 1.165) is 0 Å². The van der Waals surface area contributed by atoms with Gasteiger partial charge < -0.3 is 15.2 Å². The van der Waals surface area contributed by atoms with E-state index in [9.17, 15) is 9.90 Å². The second-order valence-electron chi connectivity index (χ2n) is 6.45. The molecule has 0 heterocycles. The van der Waals surface area contributed by atoms with Crippen LogP contribution >= 0.6 is 11.6 Å². The molecule has 4 rings (SSSR count). The number of phenolic OH excluding ortho intramolecular Hbond substituents is 1. The quantitative estimate of drug-likeness (QED) is 0.664. The largest absolute Gasteiger partial charge is 0.508 e. The summed E-state index contributed by atoms with van der Waals surface area (Å²) in [6.07, 6.45) is -0.499. The lowest BCUT2D eigenvalue weighted by Gasteiger charge is -2.15. The van der Waals surface area contributed by atoms with Crippen molar-refractivity contribution >= 4 is 17.7 Å². The zero-order valence-electron chi connectivity index (χ0n) is 14.5. The van der Waals surface area contributed by atoms with E-state index in [4.69, 9.17) is 16.3 Å². The van der Waals surface area contributed by atoms with Gasteiger partial charge in [0.15, 0.2) is 0 Å². The van der Waals surface area contributed by atoms with Crippen molar-refractivity contribution in [2.24, 2.45) is 0 Å². The molecule has 4 nitrogen and oxygen atoms in total. The summed E-state index contributed by atoms with van der Waals surface area (Å²) in [6.45, 7) is 0.499. The van der Waals surface area contributed by atoms with Gasteiger partial charge in [0.1, 0.15) is 12.4 Å². The second kappa shape index (κ2) is 7.33. The Bertz CT molecular complexity index is 957. The van der Waals surface area contributed by atoms with Crippen molar-refractivity contribution < 1.29 is 14.6 Å². The van der Waals surface area contributed by atoms with E-state index >= 15 is 0 Å². The number of benzene rings is 3. The molecule has 0 aromatic heterocycles. The minimum atomic E-state index is -0.499. The number of halogens is 1. The molecule has 0 unspecified atom stereocenters. The summed E-state index contributed by atoms with van der Waals surface area (Å²) in [5.74, 6) is 0.116. The number of amides is 1. The Morgan fingerprint density at radius 3 is 2.26 bits per heavy atom. The molecule has 0 radical (unpaired) electrons. The van der Waals surface area contributed by atoms with Gasteiger partial charge in [-0.05, 0) is 39.9 Å². The van der Waals surface area contributed by atoms with Gasteiger partial charge in [0.25, 0.3) is 0 Å². The average Bonchev–Trinajstić information content (AvgIpc) is 3.00. The third-order valence-electron chi connectivity index (χ3n) is 4.80. The molecule has 136 valence electrons. The molecule has 1 aliphatic carbocycles. The zero-order valence-corrected chi connectivity index (χ0v) is 15.2. The molecule has 1 aliphatic rings. The van der Waals surface area contributed by atoms with Crippen LogP contribution in [-0.4, -0.2) is 17.8 Å². The molecule has 3 aromatic rings. The van der Waals surface area contributed by atoms with E-state index in [1.54, 1.807) is 6.07 Å². The van der Waals surface area contributed by atoms with Crippen LogP contribution in [0.5, 0.6) is 5.75 Å². The molecular formula is C22H18ClNO3. The summed E-state index contributed by atoms with van der Waals surface area (Å²) in [5.41, 5.74) is 5.44. The lowest BCUT2D eigenvalue weighted by molar-refractivity contribution is 0.142. The topological polar surface area (TPSA) is 58.6 Å². The summed E-state index contributed by atoms with van der Waals surface area (Å²) in [7, 11) is 0. The number of ether oxygens (including phenoxy) is 1. The molecule has 0 atom stereocenters. The molecule has 3 aromatic carbocycles. The van der Waals surface area contributed by atoms with Crippen molar-refractivity contribution in [3.05, 3.63) is 88.4 Å². The number of nitrogens with one attached hydrogen (secondary N) is 1. The molecule has 5 heteroatoms. The molecule has 0 fully saturated rings. The lowest BCUT2D eigenvalue weighted by atomic mass is 9.98. The maximum absolute atomic E-state index is 12.1. The highest BCUT2D eigenvalue weighted by Gasteiger charge is 2.28. The predicted octanol–water partition coefficient (Wildman–Crippen LogP) is 5.08. The van der Waals surface area contributed by atoms with Crippen molar-refractivity contribution in [2.75, 3.05) is 6.61 Å². The highest BCUT2D eigenvalue weighted by Crippen LogP contribution is 2.44. The van der Waals surface area contributed by atoms with Crippen molar-refractivity contribution in [3.63, 3.8) is 0 Å². The van der Waals surface area contributed by atoms with E-state index in [-0.39, 0.29) is 24.8 Å². The molecule has 0 saturated heterocycles. The molecule has 0 spiro atoms. The van der Waals surface area contributed by atoms with Crippen LogP contribution in [-0.2, 0) is 11.3 Å². The van der Waals surface area contributed by atoms with Crippen molar-refractivity contribution in [2.45, 2.75) is 12.5 Å². The molecule has 2 N–H and O–H groups in total. The maximum atomic E-state index is 12.1. The Morgan fingerprint density at radius 1 is 1.00 bits per heavy atom. The van der Waals surface area contributed by atoms with E-state index in [2.05, 4.69) is 29.6 Å². The zero-order chi connectivity index (χ0) is 18.8. The SMILES string of the molecule is O=C(NCc1ccc(O)cc1Cl)OCC1c2ccccc2-c2ccccc21. The molecule has 1 amide bonds. The molecule has 0 aliphatic heterocycles. The summed E-state index contributed by atoms with van der Waals surface area (Å²) in [4.78, 5) is 12.1. The summed E-state index contributed by atoms with van der Waals surface area (Å²) >= 11 is 6.05. The highest BCUT2D eigenvalue weighted by atomic mass is 35.5. The highest BCUT2D eigenvalue weighted by molar-refractivity contribution is 6.31. The number of carbonyl (C=O) groups excluding carboxylic acids is 1. The van der Waals surface area contributed by atoms with Gasteiger partial charge in [-0.2, -0.15) is 0 Å². The standard InChI is InChI=1S/C22H18ClNO3/c23-21-11-15(25)10-9-14(21)12-24-22(26)27-13-20-18-7-3-1-5-16(18)17-6-2-4-8-19(17)20/h1-11,20,25H,12-13H2,(H,24,26). The minimum absolute atomic E-state index is 0.0282. The van der Waals surface area contributed by atoms with Gasteiger partial charge in [-0.15, -0.1) is 0 Å². The van der Waals surface area contributed by atoms with E-state index in [1.165, 1.54) is 34.4 Å². The van der Waals surface area contributed by atoms with Crippen LogP contribution in [0.3, 0.4) is 0 Å². The third kappa shape index (κ3) is 3.49. The van der Waals surface area contributed by atoms with Crippen LogP contribution in [0.25, 0.3) is 11.1 Å². The average molecular weight is 380 g/mol. The van der Waals surface area contributed by atoms with Crippen LogP contribution < -0.4 is 5.32 Å². The number of alkyl carbamates (subject to hydrolysis) is 1. The molecule has 27 heavy (non-hydrogen) atoms. The Morgan fingerprint density at radius 2 is 1.63 bits per heavy atom. The van der Waals surface area contributed by atoms with Crippen molar-refractivity contribution in [3.8, 4) is 16.9 Å². The molecule has 0 bridgehead atoms. The Balaban J connectivity index is 1.42. The summed E-state index contributed by atoms with van der Waals surface area (Å²) in [6, 6.07) is 21.0. The van der Waals surface area contributed by atoms with Gasteiger partial charge in [0.2, 0.25) is 0 Å². The second-order valence-corrected chi connectivity index (χ2v) is 6.86. The van der Waals surface area contributed by atoms with Crippen LogP contribution in [0.15, 0.2) is 66.7 Å². The maximum Gasteiger partial charge on any atom is 0.407 e. The number of hydrogen-bond acceptors (Lipinski definition) is 3. The first-order chi connectivity index (χ1) is 13.1. The number of hydrogen-bond donors (Lipinski definition) is 2. The Labute approximate surface area is 162 Å². The van der Waals surface area contributed by atoms with Crippen LogP contribution in [0.2, 0.25) is 5.02 Å². The normalized spacial score (nSPS) is 12.3. The minimum Gasteiger partial charge on any atom is -0.508 e. The van der Waals surface area contributed by atoms with Crippen LogP contribution in [0.4, 0.5) is 4.79 Å². The van der Waals surface area contributed by atoms with E-state index < -0.39 is 6.09 Å². The van der Waals surface area contributed by atoms with Crippen molar-refractivity contribution in [1.29, 1.82) is 0 Å². The number of fused-ring (bicyclic) bond motifs is 3. The number of phenols is 1. The fourth-order valence-corrected chi connectivity index (χ4v) is 3.74.